The zero-order valence-electron chi connectivity index (χ0n) is 15.3. The quantitative estimate of drug-likeness (QED) is 0.549. The van der Waals surface area contributed by atoms with Gasteiger partial charge in [-0.3, -0.25) is 14.0 Å². The Balaban J connectivity index is 1.82. The van der Waals surface area contributed by atoms with Crippen LogP contribution in [0.5, 0.6) is 0 Å². The lowest BCUT2D eigenvalue weighted by Crippen LogP contribution is -2.35. The summed E-state index contributed by atoms with van der Waals surface area (Å²) in [4.78, 5) is 25.3. The molecule has 2 N–H and O–H groups in total. The Bertz CT molecular complexity index is 1070. The second kappa shape index (κ2) is 8.92. The van der Waals surface area contributed by atoms with Crippen LogP contribution in [0.3, 0.4) is 0 Å². The van der Waals surface area contributed by atoms with Crippen molar-refractivity contribution in [2.75, 3.05) is 17.2 Å². The van der Waals surface area contributed by atoms with E-state index in [0.717, 1.165) is 28.4 Å². The number of benzene rings is 1. The smallest absolute Gasteiger partial charge is 0.370 e. The Morgan fingerprint density at radius 2 is 1.90 bits per heavy atom. The van der Waals surface area contributed by atoms with Crippen molar-refractivity contribution in [3.63, 3.8) is 0 Å². The van der Waals surface area contributed by atoms with Gasteiger partial charge >= 0.3 is 6.18 Å². The third-order valence-electron chi connectivity index (χ3n) is 4.03. The van der Waals surface area contributed by atoms with Crippen LogP contribution in [-0.2, 0) is 15.8 Å². The van der Waals surface area contributed by atoms with Gasteiger partial charge in [0.2, 0.25) is 11.8 Å². The number of para-hydroxylation sites is 1. The van der Waals surface area contributed by atoms with Crippen LogP contribution in [0.4, 0.5) is 18.9 Å². The van der Waals surface area contributed by atoms with Crippen LogP contribution in [0.1, 0.15) is 12.0 Å². The fourth-order valence-electron chi connectivity index (χ4n) is 2.62. The van der Waals surface area contributed by atoms with E-state index in [4.69, 9.17) is 17.3 Å². The largest absolute Gasteiger partial charge is 0.417 e. The topological polar surface area (TPSA) is 93.6 Å². The summed E-state index contributed by atoms with van der Waals surface area (Å²) in [5.74, 6) is -1.08. The number of thioether (sulfide) groups is 1. The van der Waals surface area contributed by atoms with Gasteiger partial charge in [0, 0.05) is 24.8 Å². The molecule has 30 heavy (non-hydrogen) atoms. The molecule has 2 amide bonds. The monoisotopic (exact) mass is 457 g/mol. The molecule has 0 aliphatic heterocycles. The van der Waals surface area contributed by atoms with Crippen molar-refractivity contribution < 1.29 is 22.8 Å². The number of carbonyl (C=O) groups excluding carboxylic acids is 2. The normalized spacial score (nSPS) is 11.6. The third-order valence-corrected chi connectivity index (χ3v) is 5.24. The first-order valence-corrected chi connectivity index (χ1v) is 9.91. The number of nitrogens with zero attached hydrogens (tertiary/aromatic N) is 4. The zero-order valence-corrected chi connectivity index (χ0v) is 16.8. The van der Waals surface area contributed by atoms with Crippen molar-refractivity contribution in [1.82, 2.24) is 14.6 Å². The van der Waals surface area contributed by atoms with Crippen LogP contribution in [0.2, 0.25) is 5.02 Å². The van der Waals surface area contributed by atoms with Crippen LogP contribution in [0, 0.1) is 0 Å². The number of alkyl halides is 3. The van der Waals surface area contributed by atoms with Crippen molar-refractivity contribution in [3.05, 3.63) is 53.2 Å². The molecule has 3 rings (SSSR count). The summed E-state index contributed by atoms with van der Waals surface area (Å²) in [5.41, 5.74) is 4.85. The lowest BCUT2D eigenvalue weighted by molar-refractivity contribution is -0.138. The number of primary amides is 1. The minimum Gasteiger partial charge on any atom is -0.370 e. The molecule has 0 atom stereocenters. The SMILES string of the molecule is NC(=O)CCN(C(=O)CSc1nnc2c(Cl)cc(C(F)(F)F)cn12)c1ccccc1. The van der Waals surface area contributed by atoms with E-state index in [9.17, 15) is 22.8 Å². The average Bonchev–Trinajstić information content (AvgIpc) is 3.10. The number of nitrogens with two attached hydrogens (primary N) is 1. The van der Waals surface area contributed by atoms with Crippen LogP contribution in [0.15, 0.2) is 47.8 Å². The number of amides is 2. The molecule has 2 aromatic heterocycles. The summed E-state index contributed by atoms with van der Waals surface area (Å²) in [6.45, 7) is 0.0728. The molecule has 12 heteroatoms. The van der Waals surface area contributed by atoms with Crippen LogP contribution < -0.4 is 10.6 Å². The first kappa shape index (κ1) is 21.9. The molecule has 0 radical (unpaired) electrons. The molecular formula is C18H15ClF3N5O2S. The summed E-state index contributed by atoms with van der Waals surface area (Å²) in [6, 6.07) is 9.42. The summed E-state index contributed by atoms with van der Waals surface area (Å²) < 4.78 is 40.3. The van der Waals surface area contributed by atoms with Crippen LogP contribution in [-0.4, -0.2) is 38.7 Å². The molecule has 0 fully saturated rings. The molecule has 0 aliphatic carbocycles. The van der Waals surface area contributed by atoms with E-state index < -0.39 is 17.6 Å². The number of hydrogen-bond donors (Lipinski definition) is 1. The van der Waals surface area contributed by atoms with Crippen LogP contribution in [0.25, 0.3) is 5.65 Å². The number of halogens is 4. The maximum atomic E-state index is 13.1. The first-order valence-electron chi connectivity index (χ1n) is 8.55. The van der Waals surface area contributed by atoms with Gasteiger partial charge < -0.3 is 10.6 Å². The molecule has 1 aromatic carbocycles. The highest BCUT2D eigenvalue weighted by molar-refractivity contribution is 7.99. The molecule has 0 bridgehead atoms. The fourth-order valence-corrected chi connectivity index (χ4v) is 3.65. The Labute approximate surface area is 178 Å². The van der Waals surface area contributed by atoms with E-state index in [0.29, 0.717) is 5.69 Å². The van der Waals surface area contributed by atoms with E-state index in [1.165, 1.54) is 4.90 Å². The Kier molecular flexibility index (Phi) is 6.52. The van der Waals surface area contributed by atoms with E-state index >= 15 is 0 Å². The van der Waals surface area contributed by atoms with E-state index in [-0.39, 0.29) is 40.5 Å². The number of pyridine rings is 1. The molecule has 0 aliphatic rings. The molecule has 0 saturated heterocycles. The van der Waals surface area contributed by atoms with Gasteiger partial charge in [0.1, 0.15) is 0 Å². The van der Waals surface area contributed by atoms with Gasteiger partial charge in [-0.15, -0.1) is 10.2 Å². The van der Waals surface area contributed by atoms with Gasteiger partial charge in [0.25, 0.3) is 0 Å². The minimum absolute atomic E-state index is 0.0380. The average molecular weight is 458 g/mol. The Hall–Kier alpha value is -2.79. The van der Waals surface area contributed by atoms with Gasteiger partial charge in [0.15, 0.2) is 10.8 Å². The maximum absolute atomic E-state index is 13.1. The van der Waals surface area contributed by atoms with Gasteiger partial charge in [-0.25, -0.2) is 0 Å². The molecule has 158 valence electrons. The Morgan fingerprint density at radius 1 is 1.20 bits per heavy atom. The van der Waals surface area contributed by atoms with Gasteiger partial charge in [-0.05, 0) is 18.2 Å². The number of hydrogen-bond acceptors (Lipinski definition) is 5. The van der Waals surface area contributed by atoms with Gasteiger partial charge in [-0.1, -0.05) is 41.6 Å². The molecule has 0 spiro atoms. The Morgan fingerprint density at radius 3 is 2.53 bits per heavy atom. The third kappa shape index (κ3) is 5.03. The maximum Gasteiger partial charge on any atom is 0.417 e. The summed E-state index contributed by atoms with van der Waals surface area (Å²) in [6.07, 6.45) is -3.81. The molecule has 2 heterocycles. The van der Waals surface area contributed by atoms with Crippen molar-refractivity contribution in [2.45, 2.75) is 17.8 Å². The highest BCUT2D eigenvalue weighted by Gasteiger charge is 2.32. The van der Waals surface area contributed by atoms with E-state index in [1.807, 2.05) is 0 Å². The van der Waals surface area contributed by atoms with Gasteiger partial charge in [0.05, 0.1) is 16.3 Å². The lowest BCUT2D eigenvalue weighted by Gasteiger charge is -2.22. The van der Waals surface area contributed by atoms with Crippen molar-refractivity contribution in [1.29, 1.82) is 0 Å². The number of fused-ring (bicyclic) bond motifs is 1. The molecule has 0 saturated carbocycles. The summed E-state index contributed by atoms with van der Waals surface area (Å²) in [7, 11) is 0. The number of anilines is 1. The summed E-state index contributed by atoms with van der Waals surface area (Å²) in [5, 5.41) is 7.50. The highest BCUT2D eigenvalue weighted by Crippen LogP contribution is 2.33. The van der Waals surface area contributed by atoms with Gasteiger partial charge in [-0.2, -0.15) is 13.2 Å². The van der Waals surface area contributed by atoms with Crippen molar-refractivity contribution in [3.8, 4) is 0 Å². The standard InChI is InChI=1S/C18H15ClF3N5O2S/c19-13-8-11(18(20,21)22)9-27-16(13)24-25-17(27)30-10-15(29)26(7-6-14(23)28)12-4-2-1-3-5-12/h1-5,8-9H,6-7,10H2,(H2,23,28). The van der Waals surface area contributed by atoms with Crippen molar-refractivity contribution >= 4 is 46.5 Å². The molecule has 3 aromatic rings. The number of rotatable bonds is 7. The highest BCUT2D eigenvalue weighted by atomic mass is 35.5. The second-order valence-corrected chi connectivity index (χ2v) is 7.49. The molecule has 7 nitrogen and oxygen atoms in total. The number of carbonyl (C=O) groups is 2. The molecular weight excluding hydrogens is 443 g/mol. The zero-order chi connectivity index (χ0) is 21.9. The predicted octanol–water partition coefficient (Wildman–Crippen LogP) is 3.40. The van der Waals surface area contributed by atoms with E-state index in [2.05, 4.69) is 10.2 Å². The lowest BCUT2D eigenvalue weighted by atomic mass is 10.2. The first-order chi connectivity index (χ1) is 14.2. The number of aromatic nitrogens is 3. The molecule has 0 unspecified atom stereocenters. The fraction of sp³-hybridized carbons (Fsp3) is 0.222. The summed E-state index contributed by atoms with van der Waals surface area (Å²) >= 11 is 6.80. The van der Waals surface area contributed by atoms with Crippen molar-refractivity contribution in [2.24, 2.45) is 5.73 Å². The van der Waals surface area contributed by atoms with Crippen LogP contribution >= 0.6 is 23.4 Å². The second-order valence-electron chi connectivity index (χ2n) is 6.14. The van der Waals surface area contributed by atoms with E-state index in [1.54, 1.807) is 30.3 Å². The minimum atomic E-state index is -4.60. The predicted molar refractivity (Wildman–Crippen MR) is 106 cm³/mol.